The summed E-state index contributed by atoms with van der Waals surface area (Å²) in [5.74, 6) is -0.746. The molecule has 0 bridgehead atoms. The van der Waals surface area contributed by atoms with Gasteiger partial charge in [0, 0.05) is 0 Å². The van der Waals surface area contributed by atoms with Crippen LogP contribution in [0, 0.1) is 0 Å². The van der Waals surface area contributed by atoms with Gasteiger partial charge in [-0.3, -0.25) is 9.59 Å². The third-order valence-electron chi connectivity index (χ3n) is 1.55. The summed E-state index contributed by atoms with van der Waals surface area (Å²) in [5.41, 5.74) is 0. The molecule has 0 unspecified atom stereocenters. The highest BCUT2D eigenvalue weighted by Crippen LogP contribution is 1.98. The second-order valence-electron chi connectivity index (χ2n) is 3.01. The average molecular weight is 196 g/mol. The molecule has 0 fully saturated rings. The van der Waals surface area contributed by atoms with Gasteiger partial charge in [0.25, 0.3) is 0 Å². The zero-order valence-electron chi connectivity index (χ0n) is 8.40. The van der Waals surface area contributed by atoms with Gasteiger partial charge in [0.15, 0.2) is 5.78 Å². The van der Waals surface area contributed by atoms with Crippen molar-refractivity contribution in [3.63, 3.8) is 0 Å². The molecule has 0 aromatic heterocycles. The van der Waals surface area contributed by atoms with E-state index < -0.39 is 5.97 Å². The minimum absolute atomic E-state index is 0.0615. The van der Waals surface area contributed by atoms with Crippen LogP contribution in [0.15, 0.2) is 24.3 Å². The molecule has 0 radical (unpaired) electrons. The highest BCUT2D eigenvalue weighted by molar-refractivity contribution is 5.87. The van der Waals surface area contributed by atoms with Crippen molar-refractivity contribution in [2.45, 2.75) is 32.6 Å². The van der Waals surface area contributed by atoms with Crippen molar-refractivity contribution in [2.24, 2.45) is 0 Å². The number of hydrogen-bond donors (Lipinski definition) is 1. The molecule has 0 saturated heterocycles. The van der Waals surface area contributed by atoms with Gasteiger partial charge in [-0.15, -0.1) is 0 Å². The fourth-order valence-electron chi connectivity index (χ4n) is 0.905. The third kappa shape index (κ3) is 10.6. The minimum Gasteiger partial charge on any atom is -0.481 e. The standard InChI is InChI=1S/C11H16O3/c1-10(12)8-6-4-2-3-5-7-9-11(13)14/h5-8H,2-4,9H2,1H3,(H,13,14). The Labute approximate surface area is 84.1 Å². The van der Waals surface area contributed by atoms with Crippen molar-refractivity contribution in [1.82, 2.24) is 0 Å². The van der Waals surface area contributed by atoms with Crippen LogP contribution in [0.4, 0.5) is 0 Å². The van der Waals surface area contributed by atoms with Gasteiger partial charge in [-0.2, -0.15) is 0 Å². The van der Waals surface area contributed by atoms with Gasteiger partial charge in [-0.1, -0.05) is 18.2 Å². The molecule has 3 nitrogen and oxygen atoms in total. The van der Waals surface area contributed by atoms with Crippen LogP contribution < -0.4 is 0 Å². The van der Waals surface area contributed by atoms with Gasteiger partial charge in [0.2, 0.25) is 0 Å². The molecule has 0 saturated carbocycles. The summed E-state index contributed by atoms with van der Waals surface area (Å²) in [6.07, 6.45) is 9.65. The number of carboxylic acids is 1. The molecular formula is C11H16O3. The van der Waals surface area contributed by atoms with E-state index in [0.29, 0.717) is 0 Å². The van der Waals surface area contributed by atoms with Crippen molar-refractivity contribution in [3.8, 4) is 0 Å². The van der Waals surface area contributed by atoms with Crippen LogP contribution in [0.5, 0.6) is 0 Å². The van der Waals surface area contributed by atoms with Gasteiger partial charge in [0.1, 0.15) is 0 Å². The zero-order chi connectivity index (χ0) is 10.8. The fraction of sp³-hybridized carbons (Fsp3) is 0.455. The largest absolute Gasteiger partial charge is 0.481 e. The van der Waals surface area contributed by atoms with Gasteiger partial charge < -0.3 is 5.11 Å². The molecule has 0 aromatic carbocycles. The Balaban J connectivity index is 3.33. The number of hydrogen-bond acceptors (Lipinski definition) is 2. The van der Waals surface area contributed by atoms with Crippen LogP contribution in [-0.2, 0) is 9.59 Å². The molecule has 0 rings (SSSR count). The molecule has 0 atom stereocenters. The Morgan fingerprint density at radius 2 is 1.79 bits per heavy atom. The van der Waals surface area contributed by atoms with E-state index in [1.807, 2.05) is 12.2 Å². The fourth-order valence-corrected chi connectivity index (χ4v) is 0.905. The minimum atomic E-state index is -0.808. The number of unbranched alkanes of at least 4 members (excludes halogenated alkanes) is 2. The summed E-state index contributed by atoms with van der Waals surface area (Å²) in [5, 5.41) is 8.32. The Bertz CT molecular complexity index is 239. The first kappa shape index (κ1) is 12.6. The monoisotopic (exact) mass is 196 g/mol. The molecule has 0 amide bonds. The predicted octanol–water partition coefficient (Wildman–Crippen LogP) is 2.33. The van der Waals surface area contributed by atoms with Gasteiger partial charge >= 0.3 is 5.97 Å². The van der Waals surface area contributed by atoms with Crippen LogP contribution >= 0.6 is 0 Å². The highest BCUT2D eigenvalue weighted by atomic mass is 16.4. The maximum atomic E-state index is 10.5. The lowest BCUT2D eigenvalue weighted by Gasteiger charge is -1.89. The smallest absolute Gasteiger partial charge is 0.307 e. The molecule has 0 aromatic rings. The summed E-state index contributed by atoms with van der Waals surface area (Å²) in [4.78, 5) is 20.6. The van der Waals surface area contributed by atoms with Crippen molar-refractivity contribution in [1.29, 1.82) is 0 Å². The molecular weight excluding hydrogens is 180 g/mol. The van der Waals surface area contributed by atoms with Crippen LogP contribution in [0.25, 0.3) is 0 Å². The van der Waals surface area contributed by atoms with E-state index in [1.54, 1.807) is 12.2 Å². The van der Waals surface area contributed by atoms with E-state index in [1.165, 1.54) is 6.92 Å². The number of carboxylic acid groups (broad SMARTS) is 1. The second-order valence-corrected chi connectivity index (χ2v) is 3.01. The van der Waals surface area contributed by atoms with Gasteiger partial charge in [-0.05, 0) is 32.3 Å². The first-order valence-electron chi connectivity index (χ1n) is 4.67. The molecule has 0 spiro atoms. The van der Waals surface area contributed by atoms with Crippen LogP contribution in [-0.4, -0.2) is 16.9 Å². The Kier molecular flexibility index (Phi) is 7.42. The summed E-state index contributed by atoms with van der Waals surface area (Å²) in [6, 6.07) is 0. The maximum Gasteiger partial charge on any atom is 0.307 e. The number of aliphatic carboxylic acids is 1. The van der Waals surface area contributed by atoms with E-state index in [2.05, 4.69) is 0 Å². The number of ketones is 1. The molecule has 0 aliphatic rings. The number of carbonyl (C=O) groups excluding carboxylic acids is 1. The van der Waals surface area contributed by atoms with Crippen molar-refractivity contribution >= 4 is 11.8 Å². The maximum absolute atomic E-state index is 10.5. The summed E-state index contributed by atoms with van der Waals surface area (Å²) in [6.45, 7) is 1.52. The quantitative estimate of drug-likeness (QED) is 0.386. The third-order valence-corrected chi connectivity index (χ3v) is 1.55. The van der Waals surface area contributed by atoms with Crippen LogP contribution in [0.2, 0.25) is 0 Å². The summed E-state index contributed by atoms with van der Waals surface area (Å²) < 4.78 is 0. The van der Waals surface area contributed by atoms with Crippen molar-refractivity contribution in [3.05, 3.63) is 24.3 Å². The molecule has 0 heterocycles. The van der Waals surface area contributed by atoms with E-state index in [9.17, 15) is 9.59 Å². The van der Waals surface area contributed by atoms with E-state index in [4.69, 9.17) is 5.11 Å². The van der Waals surface area contributed by atoms with Gasteiger partial charge in [0.05, 0.1) is 6.42 Å². The number of carbonyl (C=O) groups is 2. The van der Waals surface area contributed by atoms with Crippen LogP contribution in [0.3, 0.4) is 0 Å². The lowest BCUT2D eigenvalue weighted by Crippen LogP contribution is -1.89. The second kappa shape index (κ2) is 8.23. The number of allylic oxidation sites excluding steroid dienone is 3. The van der Waals surface area contributed by atoms with Crippen LogP contribution in [0.1, 0.15) is 32.6 Å². The Morgan fingerprint density at radius 3 is 2.36 bits per heavy atom. The van der Waals surface area contributed by atoms with Gasteiger partial charge in [-0.25, -0.2) is 0 Å². The number of rotatable bonds is 7. The van der Waals surface area contributed by atoms with E-state index in [-0.39, 0.29) is 12.2 Å². The molecule has 14 heavy (non-hydrogen) atoms. The van der Waals surface area contributed by atoms with E-state index in [0.717, 1.165) is 19.3 Å². The van der Waals surface area contributed by atoms with Crippen molar-refractivity contribution < 1.29 is 14.7 Å². The lowest BCUT2D eigenvalue weighted by atomic mass is 10.2. The first-order valence-corrected chi connectivity index (χ1v) is 4.67. The molecule has 0 aliphatic heterocycles. The predicted molar refractivity (Wildman–Crippen MR) is 55.1 cm³/mol. The lowest BCUT2D eigenvalue weighted by molar-refractivity contribution is -0.136. The molecule has 78 valence electrons. The summed E-state index contributed by atoms with van der Waals surface area (Å²) in [7, 11) is 0. The average Bonchev–Trinajstić information content (AvgIpc) is 2.08. The van der Waals surface area contributed by atoms with Crippen molar-refractivity contribution in [2.75, 3.05) is 0 Å². The normalized spacial score (nSPS) is 11.2. The Hall–Kier alpha value is -1.38. The topological polar surface area (TPSA) is 54.4 Å². The van der Waals surface area contributed by atoms with E-state index >= 15 is 0 Å². The molecule has 3 heteroatoms. The molecule has 1 N–H and O–H groups in total. The first-order chi connectivity index (χ1) is 6.63. The SMILES string of the molecule is CC(=O)C=CCCCC=CCC(=O)O. The Morgan fingerprint density at radius 1 is 1.14 bits per heavy atom. The zero-order valence-corrected chi connectivity index (χ0v) is 8.40. The molecule has 0 aliphatic carbocycles. The summed E-state index contributed by atoms with van der Waals surface area (Å²) >= 11 is 0. The highest BCUT2D eigenvalue weighted by Gasteiger charge is 1.88.